The van der Waals surface area contributed by atoms with Gasteiger partial charge in [-0.25, -0.2) is 13.4 Å². The van der Waals surface area contributed by atoms with Crippen LogP contribution in [0.1, 0.15) is 18.1 Å². The van der Waals surface area contributed by atoms with Crippen molar-refractivity contribution in [2.24, 2.45) is 5.16 Å². The summed E-state index contributed by atoms with van der Waals surface area (Å²) in [5.41, 5.74) is 1.45. The van der Waals surface area contributed by atoms with Gasteiger partial charge in [0, 0.05) is 51.9 Å². The summed E-state index contributed by atoms with van der Waals surface area (Å²) in [6.07, 6.45) is 1.65. The van der Waals surface area contributed by atoms with Gasteiger partial charge in [-0.05, 0) is 17.7 Å². The van der Waals surface area contributed by atoms with Gasteiger partial charge in [-0.3, -0.25) is 4.79 Å². The second-order valence-corrected chi connectivity index (χ2v) is 10.3. The lowest BCUT2D eigenvalue weighted by Gasteiger charge is -2.35. The van der Waals surface area contributed by atoms with Crippen LogP contribution < -0.4 is 4.90 Å². The number of oxime groups is 1. The molecule has 11 heteroatoms. The number of piperazine rings is 1. The summed E-state index contributed by atoms with van der Waals surface area (Å²) in [6, 6.07) is 13.1. The van der Waals surface area contributed by atoms with Gasteiger partial charge in [0.15, 0.2) is 6.10 Å². The van der Waals surface area contributed by atoms with Crippen LogP contribution in [0.5, 0.6) is 0 Å². The van der Waals surface area contributed by atoms with E-state index >= 15 is 0 Å². The number of hydrogen-bond donors (Lipinski definition) is 0. The fourth-order valence-electron chi connectivity index (χ4n) is 4.32. The molecule has 0 radical (unpaired) electrons. The van der Waals surface area contributed by atoms with Gasteiger partial charge in [0.25, 0.3) is 5.91 Å². The first kappa shape index (κ1) is 22.8. The quantitative estimate of drug-likeness (QED) is 0.628. The number of sulfonamides is 1. The van der Waals surface area contributed by atoms with E-state index in [0.29, 0.717) is 70.4 Å². The average Bonchev–Trinajstić information content (AvgIpc) is 3.40. The van der Waals surface area contributed by atoms with Crippen molar-refractivity contribution in [3.05, 3.63) is 54.2 Å². The molecule has 2 aromatic rings. The summed E-state index contributed by atoms with van der Waals surface area (Å²) in [5, 5.41) is 4.05. The molecule has 5 rings (SSSR count). The van der Waals surface area contributed by atoms with E-state index in [1.807, 2.05) is 30.3 Å². The minimum absolute atomic E-state index is 0.0991. The number of rotatable bonds is 5. The van der Waals surface area contributed by atoms with Crippen LogP contribution in [-0.4, -0.2) is 86.7 Å². The molecule has 3 aliphatic heterocycles. The molecule has 1 aromatic heterocycles. The molecule has 1 amide bonds. The van der Waals surface area contributed by atoms with E-state index in [-0.39, 0.29) is 16.9 Å². The Hall–Kier alpha value is -3.02. The summed E-state index contributed by atoms with van der Waals surface area (Å²) < 4.78 is 32.2. The van der Waals surface area contributed by atoms with Crippen LogP contribution in [0.3, 0.4) is 0 Å². The number of anilines is 1. The summed E-state index contributed by atoms with van der Waals surface area (Å²) in [5.74, 6) is 0.594. The lowest BCUT2D eigenvalue weighted by atomic mass is 10.0. The first-order valence-electron chi connectivity index (χ1n) is 11.4. The Kier molecular flexibility index (Phi) is 6.48. The van der Waals surface area contributed by atoms with Gasteiger partial charge in [0.2, 0.25) is 10.0 Å². The van der Waals surface area contributed by atoms with Gasteiger partial charge >= 0.3 is 0 Å². The van der Waals surface area contributed by atoms with E-state index in [2.05, 4.69) is 15.0 Å². The van der Waals surface area contributed by atoms with Crippen molar-refractivity contribution in [2.75, 3.05) is 57.4 Å². The number of ether oxygens (including phenoxy) is 1. The number of benzene rings is 1. The van der Waals surface area contributed by atoms with E-state index in [9.17, 15) is 13.2 Å². The fraction of sp³-hybridized carbons (Fsp3) is 0.435. The van der Waals surface area contributed by atoms with E-state index in [1.54, 1.807) is 17.0 Å². The van der Waals surface area contributed by atoms with Crippen LogP contribution in [0.2, 0.25) is 0 Å². The predicted octanol–water partition coefficient (Wildman–Crippen LogP) is 1.27. The average molecular weight is 486 g/mol. The first-order valence-corrected chi connectivity index (χ1v) is 12.8. The van der Waals surface area contributed by atoms with Crippen LogP contribution >= 0.6 is 0 Å². The van der Waals surface area contributed by atoms with Crippen molar-refractivity contribution in [1.82, 2.24) is 14.2 Å². The molecule has 1 aromatic carbocycles. The number of nitrogens with zero attached hydrogens (tertiary/aromatic N) is 5. The zero-order valence-corrected chi connectivity index (χ0v) is 19.6. The molecule has 2 fully saturated rings. The Morgan fingerprint density at radius 1 is 0.941 bits per heavy atom. The Labute approximate surface area is 198 Å². The Balaban J connectivity index is 1.16. The molecule has 34 heavy (non-hydrogen) atoms. The maximum Gasteiger partial charge on any atom is 0.271 e. The molecule has 0 aliphatic carbocycles. The molecule has 0 spiro atoms. The monoisotopic (exact) mass is 485 g/mol. The van der Waals surface area contributed by atoms with Crippen LogP contribution in [0.25, 0.3) is 0 Å². The van der Waals surface area contributed by atoms with Crippen molar-refractivity contribution in [2.45, 2.75) is 17.4 Å². The molecular formula is C23H27N5O5S. The van der Waals surface area contributed by atoms with Crippen molar-refractivity contribution >= 4 is 27.5 Å². The van der Waals surface area contributed by atoms with Crippen LogP contribution in [0.15, 0.2) is 58.7 Å². The summed E-state index contributed by atoms with van der Waals surface area (Å²) in [6.45, 7) is 3.77. The van der Waals surface area contributed by atoms with Gasteiger partial charge in [-0.2, -0.15) is 4.31 Å². The number of aromatic nitrogens is 1. The maximum atomic E-state index is 12.9. The fourth-order valence-corrected chi connectivity index (χ4v) is 5.67. The zero-order chi connectivity index (χ0) is 23.5. The normalized spacial score (nSPS) is 21.8. The highest BCUT2D eigenvalue weighted by Gasteiger charge is 2.32. The smallest absolute Gasteiger partial charge is 0.271 e. The highest BCUT2D eigenvalue weighted by molar-refractivity contribution is 7.89. The number of carbonyl (C=O) groups excluding carboxylic acids is 1. The molecule has 2 saturated heterocycles. The lowest BCUT2D eigenvalue weighted by Crippen LogP contribution is -2.50. The second kappa shape index (κ2) is 9.69. The zero-order valence-electron chi connectivity index (χ0n) is 18.7. The van der Waals surface area contributed by atoms with E-state index < -0.39 is 10.0 Å². The van der Waals surface area contributed by atoms with Gasteiger partial charge in [-0.1, -0.05) is 35.5 Å². The van der Waals surface area contributed by atoms with Crippen molar-refractivity contribution < 1.29 is 22.8 Å². The Morgan fingerprint density at radius 2 is 1.68 bits per heavy atom. The summed E-state index contributed by atoms with van der Waals surface area (Å²) in [7, 11) is -3.57. The van der Waals surface area contributed by atoms with E-state index in [0.717, 1.165) is 5.56 Å². The predicted molar refractivity (Wildman–Crippen MR) is 125 cm³/mol. The molecule has 0 saturated carbocycles. The molecule has 4 heterocycles. The largest absolute Gasteiger partial charge is 0.387 e. The molecular weight excluding hydrogens is 458 g/mol. The van der Waals surface area contributed by atoms with Gasteiger partial charge in [0.1, 0.15) is 16.4 Å². The molecule has 10 nitrogen and oxygen atoms in total. The lowest BCUT2D eigenvalue weighted by molar-refractivity contribution is -0.124. The summed E-state index contributed by atoms with van der Waals surface area (Å²) >= 11 is 0. The Morgan fingerprint density at radius 3 is 2.35 bits per heavy atom. The molecule has 3 aliphatic rings. The second-order valence-electron chi connectivity index (χ2n) is 8.39. The third-order valence-corrected chi connectivity index (χ3v) is 8.19. The van der Waals surface area contributed by atoms with E-state index in [1.165, 1.54) is 10.5 Å². The Bertz CT molecular complexity index is 1140. The minimum Gasteiger partial charge on any atom is -0.387 e. The van der Waals surface area contributed by atoms with Crippen molar-refractivity contribution in [3.8, 4) is 0 Å². The maximum absolute atomic E-state index is 12.9. The SMILES string of the molecule is O=C(C1=NOC(c2ccccc2)C1)N1CCN(c2ccc(S(=O)(=O)N3CCOCC3)cn2)CC1. The molecule has 0 bridgehead atoms. The highest BCUT2D eigenvalue weighted by atomic mass is 32.2. The first-order chi connectivity index (χ1) is 16.5. The highest BCUT2D eigenvalue weighted by Crippen LogP contribution is 2.28. The molecule has 1 unspecified atom stereocenters. The number of morpholine rings is 1. The standard InChI is InChI=1S/C23H27N5O5S/c29-23(20-16-21(33-25-20)18-4-2-1-3-5-18)27-10-8-26(9-11-27)22-7-6-19(17-24-22)34(30,31)28-12-14-32-15-13-28/h1-7,17,21H,8-16H2. The van der Waals surface area contributed by atoms with Gasteiger partial charge in [0.05, 0.1) is 13.2 Å². The number of carbonyl (C=O) groups is 1. The van der Waals surface area contributed by atoms with Gasteiger partial charge < -0.3 is 19.4 Å². The van der Waals surface area contributed by atoms with E-state index in [4.69, 9.17) is 9.57 Å². The van der Waals surface area contributed by atoms with Crippen molar-refractivity contribution in [1.29, 1.82) is 0 Å². The number of pyridine rings is 1. The third-order valence-electron chi connectivity index (χ3n) is 6.31. The number of amides is 1. The van der Waals surface area contributed by atoms with Crippen LogP contribution in [0.4, 0.5) is 5.82 Å². The molecule has 0 N–H and O–H groups in total. The topological polar surface area (TPSA) is 105 Å². The minimum atomic E-state index is -3.57. The number of hydrogen-bond acceptors (Lipinski definition) is 8. The van der Waals surface area contributed by atoms with Crippen LogP contribution in [-0.2, 0) is 24.4 Å². The summed E-state index contributed by atoms with van der Waals surface area (Å²) in [4.78, 5) is 26.8. The molecule has 180 valence electrons. The molecule has 1 atom stereocenters. The van der Waals surface area contributed by atoms with Crippen LogP contribution in [0, 0.1) is 0 Å². The third kappa shape index (κ3) is 4.63. The van der Waals surface area contributed by atoms with Crippen molar-refractivity contribution in [3.63, 3.8) is 0 Å². The van der Waals surface area contributed by atoms with Gasteiger partial charge in [-0.15, -0.1) is 0 Å².